The first-order valence-corrected chi connectivity index (χ1v) is 6.32. The smallest absolute Gasteiger partial charge is 0.309 e. The molecular formula is C13H22O2. The Morgan fingerprint density at radius 3 is 2.67 bits per heavy atom. The molecule has 0 aromatic carbocycles. The SMILES string of the molecule is CCC1CC2CC(C1)C(C)C(C)OC2=O. The zero-order valence-electron chi connectivity index (χ0n) is 10.0. The largest absolute Gasteiger partial charge is 0.462 e. The van der Waals surface area contributed by atoms with Crippen molar-refractivity contribution in [3.8, 4) is 0 Å². The van der Waals surface area contributed by atoms with Crippen LogP contribution in [0, 0.1) is 23.7 Å². The third kappa shape index (κ3) is 2.04. The minimum Gasteiger partial charge on any atom is -0.462 e. The molecule has 2 heteroatoms. The average molecular weight is 210 g/mol. The van der Waals surface area contributed by atoms with Crippen LogP contribution in [0.4, 0.5) is 0 Å². The predicted molar refractivity (Wildman–Crippen MR) is 59.3 cm³/mol. The Morgan fingerprint density at radius 2 is 2.00 bits per heavy atom. The second-order valence-corrected chi connectivity index (χ2v) is 5.44. The fraction of sp³-hybridized carbons (Fsp3) is 0.923. The molecule has 0 aromatic rings. The molecular weight excluding hydrogens is 188 g/mol. The maximum atomic E-state index is 11.8. The second kappa shape index (κ2) is 4.15. The van der Waals surface area contributed by atoms with Crippen LogP contribution in [-0.4, -0.2) is 12.1 Å². The maximum absolute atomic E-state index is 11.8. The summed E-state index contributed by atoms with van der Waals surface area (Å²) in [4.78, 5) is 11.8. The van der Waals surface area contributed by atoms with Crippen LogP contribution in [0.3, 0.4) is 0 Å². The Kier molecular flexibility index (Phi) is 3.03. The van der Waals surface area contributed by atoms with E-state index in [2.05, 4.69) is 13.8 Å². The Bertz CT molecular complexity index is 249. The van der Waals surface area contributed by atoms with Crippen molar-refractivity contribution in [1.29, 1.82) is 0 Å². The number of rotatable bonds is 1. The molecule has 1 saturated heterocycles. The van der Waals surface area contributed by atoms with Gasteiger partial charge in [0.2, 0.25) is 0 Å². The highest BCUT2D eigenvalue weighted by Crippen LogP contribution is 2.42. The summed E-state index contributed by atoms with van der Waals surface area (Å²) in [6.45, 7) is 6.52. The molecule has 2 bridgehead atoms. The van der Waals surface area contributed by atoms with E-state index in [-0.39, 0.29) is 18.0 Å². The molecule has 0 spiro atoms. The molecule has 1 saturated carbocycles. The van der Waals surface area contributed by atoms with Crippen LogP contribution in [0.2, 0.25) is 0 Å². The molecule has 2 rings (SSSR count). The normalized spacial score (nSPS) is 45.8. The predicted octanol–water partition coefficient (Wildman–Crippen LogP) is 3.01. The zero-order valence-corrected chi connectivity index (χ0v) is 10.0. The highest BCUT2D eigenvalue weighted by molar-refractivity contribution is 5.73. The number of hydrogen-bond acceptors (Lipinski definition) is 2. The quantitative estimate of drug-likeness (QED) is 0.622. The summed E-state index contributed by atoms with van der Waals surface area (Å²) in [5.74, 6) is 2.24. The summed E-state index contributed by atoms with van der Waals surface area (Å²) >= 11 is 0. The van der Waals surface area contributed by atoms with E-state index in [1.54, 1.807) is 0 Å². The topological polar surface area (TPSA) is 26.3 Å². The van der Waals surface area contributed by atoms with Gasteiger partial charge in [0.15, 0.2) is 0 Å². The number of carbonyl (C=O) groups excluding carboxylic acids is 1. The Hall–Kier alpha value is -0.530. The van der Waals surface area contributed by atoms with Gasteiger partial charge in [-0.15, -0.1) is 0 Å². The zero-order chi connectivity index (χ0) is 11.0. The third-order valence-corrected chi connectivity index (χ3v) is 4.54. The first-order valence-electron chi connectivity index (χ1n) is 6.32. The molecule has 15 heavy (non-hydrogen) atoms. The molecule has 2 fully saturated rings. The van der Waals surface area contributed by atoms with Crippen LogP contribution in [-0.2, 0) is 9.53 Å². The van der Waals surface area contributed by atoms with Crippen molar-refractivity contribution >= 4 is 5.97 Å². The van der Waals surface area contributed by atoms with E-state index in [0.29, 0.717) is 11.8 Å². The molecule has 0 radical (unpaired) electrons. The van der Waals surface area contributed by atoms with E-state index in [1.165, 1.54) is 12.8 Å². The van der Waals surface area contributed by atoms with Crippen LogP contribution in [0.5, 0.6) is 0 Å². The molecule has 5 atom stereocenters. The van der Waals surface area contributed by atoms with Gasteiger partial charge in [0.25, 0.3) is 0 Å². The Morgan fingerprint density at radius 1 is 1.27 bits per heavy atom. The van der Waals surface area contributed by atoms with Gasteiger partial charge in [0, 0.05) is 0 Å². The van der Waals surface area contributed by atoms with Gasteiger partial charge in [-0.3, -0.25) is 4.79 Å². The van der Waals surface area contributed by atoms with E-state index in [9.17, 15) is 4.79 Å². The van der Waals surface area contributed by atoms with E-state index < -0.39 is 0 Å². The molecule has 0 aromatic heterocycles. The van der Waals surface area contributed by atoms with Crippen molar-refractivity contribution in [2.24, 2.45) is 23.7 Å². The van der Waals surface area contributed by atoms with Gasteiger partial charge >= 0.3 is 5.97 Å². The van der Waals surface area contributed by atoms with E-state index in [0.717, 1.165) is 18.8 Å². The molecule has 1 aliphatic heterocycles. The molecule has 1 heterocycles. The van der Waals surface area contributed by atoms with Crippen molar-refractivity contribution < 1.29 is 9.53 Å². The van der Waals surface area contributed by atoms with Crippen LogP contribution in [0.25, 0.3) is 0 Å². The van der Waals surface area contributed by atoms with Gasteiger partial charge in [-0.1, -0.05) is 20.3 Å². The van der Waals surface area contributed by atoms with Crippen LogP contribution >= 0.6 is 0 Å². The van der Waals surface area contributed by atoms with Gasteiger partial charge < -0.3 is 4.74 Å². The summed E-state index contributed by atoms with van der Waals surface area (Å²) in [6, 6.07) is 0. The maximum Gasteiger partial charge on any atom is 0.309 e. The first kappa shape index (κ1) is 11.0. The second-order valence-electron chi connectivity index (χ2n) is 5.44. The van der Waals surface area contributed by atoms with E-state index in [4.69, 9.17) is 4.74 Å². The monoisotopic (exact) mass is 210 g/mol. The van der Waals surface area contributed by atoms with Crippen molar-refractivity contribution in [2.75, 3.05) is 0 Å². The molecule has 86 valence electrons. The lowest BCUT2D eigenvalue weighted by Gasteiger charge is -2.33. The van der Waals surface area contributed by atoms with Crippen molar-refractivity contribution in [3.63, 3.8) is 0 Å². The van der Waals surface area contributed by atoms with Gasteiger partial charge in [-0.25, -0.2) is 0 Å². The molecule has 2 aliphatic rings. The molecule has 2 nitrogen and oxygen atoms in total. The molecule has 0 amide bonds. The summed E-state index contributed by atoms with van der Waals surface area (Å²) in [5, 5.41) is 0. The average Bonchev–Trinajstić information content (AvgIpc) is 2.32. The van der Waals surface area contributed by atoms with Crippen LogP contribution < -0.4 is 0 Å². The number of cyclic esters (lactones) is 1. The van der Waals surface area contributed by atoms with Gasteiger partial charge in [-0.2, -0.15) is 0 Å². The Labute approximate surface area is 92.4 Å². The number of carbonyl (C=O) groups is 1. The minimum atomic E-state index is 0.0648. The Balaban J connectivity index is 2.17. The van der Waals surface area contributed by atoms with Gasteiger partial charge in [0.1, 0.15) is 6.10 Å². The fourth-order valence-corrected chi connectivity index (χ4v) is 3.21. The third-order valence-electron chi connectivity index (χ3n) is 4.54. The minimum absolute atomic E-state index is 0.0648. The van der Waals surface area contributed by atoms with Crippen molar-refractivity contribution in [1.82, 2.24) is 0 Å². The summed E-state index contributed by atoms with van der Waals surface area (Å²) in [7, 11) is 0. The number of esters is 1. The molecule has 5 unspecified atom stereocenters. The number of fused-ring (bicyclic) bond motifs is 2. The fourth-order valence-electron chi connectivity index (χ4n) is 3.21. The molecule has 1 aliphatic carbocycles. The summed E-state index contributed by atoms with van der Waals surface area (Å²) in [6.07, 6.45) is 4.76. The molecule has 0 N–H and O–H groups in total. The van der Waals surface area contributed by atoms with Gasteiger partial charge in [-0.05, 0) is 43.9 Å². The van der Waals surface area contributed by atoms with Gasteiger partial charge in [0.05, 0.1) is 5.92 Å². The lowest BCUT2D eigenvalue weighted by atomic mass is 9.70. The summed E-state index contributed by atoms with van der Waals surface area (Å²) in [5.41, 5.74) is 0. The standard InChI is InChI=1S/C13H22O2/c1-4-10-5-11-7-12(6-10)13(14)15-9(3)8(11)2/h8-12H,4-7H2,1-3H3. The van der Waals surface area contributed by atoms with E-state index in [1.807, 2.05) is 6.92 Å². The number of ether oxygens (including phenoxy) is 1. The first-order chi connectivity index (χ1) is 7.11. The van der Waals surface area contributed by atoms with Crippen LogP contribution in [0.1, 0.15) is 46.5 Å². The van der Waals surface area contributed by atoms with Crippen molar-refractivity contribution in [3.05, 3.63) is 0 Å². The van der Waals surface area contributed by atoms with Crippen LogP contribution in [0.15, 0.2) is 0 Å². The van der Waals surface area contributed by atoms with E-state index >= 15 is 0 Å². The number of hydrogen-bond donors (Lipinski definition) is 0. The van der Waals surface area contributed by atoms with Crippen molar-refractivity contribution in [2.45, 2.75) is 52.6 Å². The summed E-state index contributed by atoms with van der Waals surface area (Å²) < 4.78 is 5.49. The highest BCUT2D eigenvalue weighted by atomic mass is 16.5. The lowest BCUT2D eigenvalue weighted by molar-refractivity contribution is -0.153. The lowest BCUT2D eigenvalue weighted by Crippen LogP contribution is -2.28. The highest BCUT2D eigenvalue weighted by Gasteiger charge is 2.40.